The minimum Gasteiger partial charge on any atom is -0.376 e. The van der Waals surface area contributed by atoms with E-state index in [2.05, 4.69) is 69.3 Å². The zero-order valence-corrected chi connectivity index (χ0v) is 12.9. The van der Waals surface area contributed by atoms with E-state index >= 15 is 0 Å². The Kier molecular flexibility index (Phi) is 4.61. The smallest absolute Gasteiger partial charge is 0.0861 e. The molecular formula is C19H24O. The maximum atomic E-state index is 5.67. The number of benzene rings is 2. The predicted octanol–water partition coefficient (Wildman–Crippen LogP) is 4.91. The molecule has 0 radical (unpaired) electrons. The van der Waals surface area contributed by atoms with Gasteiger partial charge in [-0.05, 0) is 22.1 Å². The molecule has 20 heavy (non-hydrogen) atoms. The van der Waals surface area contributed by atoms with E-state index in [-0.39, 0.29) is 11.5 Å². The molecule has 0 N–H and O–H groups in total. The average Bonchev–Trinajstić information content (AvgIpc) is 2.45. The van der Waals surface area contributed by atoms with Crippen LogP contribution in [0.15, 0.2) is 54.6 Å². The van der Waals surface area contributed by atoms with Gasteiger partial charge in [-0.15, -0.1) is 0 Å². The van der Waals surface area contributed by atoms with E-state index in [9.17, 15) is 0 Å². The van der Waals surface area contributed by atoms with Crippen molar-refractivity contribution in [3.8, 4) is 0 Å². The van der Waals surface area contributed by atoms with Crippen LogP contribution in [-0.2, 0) is 16.6 Å². The molecule has 0 spiro atoms. The summed E-state index contributed by atoms with van der Waals surface area (Å²) in [6, 6.07) is 19.3. The van der Waals surface area contributed by atoms with Crippen molar-refractivity contribution in [3.63, 3.8) is 0 Å². The minimum atomic E-state index is 0.117. The molecule has 0 aliphatic rings. The number of hydrogen-bond donors (Lipinski definition) is 0. The topological polar surface area (TPSA) is 9.23 Å². The number of hydrogen-bond acceptors (Lipinski definition) is 1. The molecule has 0 heterocycles. The van der Waals surface area contributed by atoms with E-state index in [1.165, 1.54) is 16.7 Å². The Morgan fingerprint density at radius 2 is 1.50 bits per heavy atom. The first-order chi connectivity index (χ1) is 9.50. The van der Waals surface area contributed by atoms with Gasteiger partial charge in [0, 0.05) is 13.5 Å². The standard InChI is InChI=1S/C19H24O/c1-19(2,3)17-12-10-16(11-13-17)18(20-4)14-15-8-6-5-7-9-15/h5-13,18H,14H2,1-4H3/t18-/m1/s1. The first kappa shape index (κ1) is 14.8. The lowest BCUT2D eigenvalue weighted by Gasteiger charge is -2.21. The third-order valence-corrected chi connectivity index (χ3v) is 3.70. The summed E-state index contributed by atoms with van der Waals surface area (Å²) in [6.07, 6.45) is 1.03. The maximum Gasteiger partial charge on any atom is 0.0861 e. The third-order valence-electron chi connectivity index (χ3n) is 3.70. The molecule has 0 aliphatic carbocycles. The van der Waals surface area contributed by atoms with E-state index in [0.29, 0.717) is 0 Å². The fraction of sp³-hybridized carbons (Fsp3) is 0.368. The second-order valence-electron chi connectivity index (χ2n) is 6.29. The monoisotopic (exact) mass is 268 g/mol. The lowest BCUT2D eigenvalue weighted by atomic mass is 9.86. The Bertz CT molecular complexity index is 520. The van der Waals surface area contributed by atoms with Gasteiger partial charge in [0.25, 0.3) is 0 Å². The molecule has 0 amide bonds. The molecule has 0 bridgehead atoms. The van der Waals surface area contributed by atoms with Crippen molar-refractivity contribution in [2.75, 3.05) is 7.11 Å². The van der Waals surface area contributed by atoms with E-state index in [1.54, 1.807) is 7.11 Å². The molecule has 0 unspecified atom stereocenters. The number of ether oxygens (including phenoxy) is 1. The highest BCUT2D eigenvalue weighted by Gasteiger charge is 2.15. The fourth-order valence-corrected chi connectivity index (χ4v) is 2.36. The predicted molar refractivity (Wildman–Crippen MR) is 85.0 cm³/mol. The second kappa shape index (κ2) is 6.23. The molecule has 1 nitrogen and oxygen atoms in total. The summed E-state index contributed by atoms with van der Waals surface area (Å²) in [7, 11) is 1.78. The Labute approximate surface area is 122 Å². The Morgan fingerprint density at radius 1 is 0.900 bits per heavy atom. The molecule has 2 rings (SSSR count). The van der Waals surface area contributed by atoms with E-state index in [1.807, 2.05) is 6.07 Å². The number of methoxy groups -OCH3 is 1. The lowest BCUT2D eigenvalue weighted by molar-refractivity contribution is 0.104. The summed E-state index contributed by atoms with van der Waals surface area (Å²) in [5.74, 6) is 0. The molecule has 0 saturated heterocycles. The van der Waals surface area contributed by atoms with Crippen molar-refractivity contribution in [2.45, 2.75) is 38.7 Å². The van der Waals surface area contributed by atoms with Crippen LogP contribution in [0, 0.1) is 0 Å². The molecule has 2 aromatic carbocycles. The first-order valence-electron chi connectivity index (χ1n) is 7.18. The highest BCUT2D eigenvalue weighted by Crippen LogP contribution is 2.26. The van der Waals surface area contributed by atoms with Crippen molar-refractivity contribution >= 4 is 0 Å². The van der Waals surface area contributed by atoms with E-state index < -0.39 is 0 Å². The van der Waals surface area contributed by atoms with Crippen molar-refractivity contribution < 1.29 is 4.74 Å². The second-order valence-corrected chi connectivity index (χ2v) is 6.29. The van der Waals surface area contributed by atoms with Crippen LogP contribution in [0.2, 0.25) is 0 Å². The molecule has 0 aromatic heterocycles. The largest absolute Gasteiger partial charge is 0.376 e. The van der Waals surface area contributed by atoms with Crippen LogP contribution < -0.4 is 0 Å². The van der Waals surface area contributed by atoms with Gasteiger partial charge in [-0.1, -0.05) is 75.4 Å². The van der Waals surface area contributed by atoms with Crippen LogP contribution in [0.5, 0.6) is 0 Å². The quantitative estimate of drug-likeness (QED) is 0.765. The van der Waals surface area contributed by atoms with Crippen LogP contribution in [0.4, 0.5) is 0 Å². The van der Waals surface area contributed by atoms with Gasteiger partial charge in [-0.2, -0.15) is 0 Å². The molecule has 0 aliphatic heterocycles. The van der Waals surface area contributed by atoms with Gasteiger partial charge < -0.3 is 4.74 Å². The molecular weight excluding hydrogens is 244 g/mol. The van der Waals surface area contributed by atoms with Crippen LogP contribution >= 0.6 is 0 Å². The van der Waals surface area contributed by atoms with Crippen LogP contribution in [-0.4, -0.2) is 7.11 Å². The summed E-state index contributed by atoms with van der Waals surface area (Å²) >= 11 is 0. The number of rotatable bonds is 4. The Balaban J connectivity index is 2.16. The zero-order valence-electron chi connectivity index (χ0n) is 12.9. The van der Waals surface area contributed by atoms with Gasteiger partial charge in [0.05, 0.1) is 6.10 Å². The maximum absolute atomic E-state index is 5.67. The van der Waals surface area contributed by atoms with Crippen molar-refractivity contribution in [1.82, 2.24) is 0 Å². The summed E-state index contributed by atoms with van der Waals surface area (Å²) in [5, 5.41) is 0. The first-order valence-corrected chi connectivity index (χ1v) is 7.18. The van der Waals surface area contributed by atoms with E-state index in [0.717, 1.165) is 6.42 Å². The fourth-order valence-electron chi connectivity index (χ4n) is 2.36. The molecule has 106 valence electrons. The zero-order chi connectivity index (χ0) is 14.6. The van der Waals surface area contributed by atoms with E-state index in [4.69, 9.17) is 4.74 Å². The highest BCUT2D eigenvalue weighted by molar-refractivity contribution is 5.30. The van der Waals surface area contributed by atoms with Gasteiger partial charge in [-0.25, -0.2) is 0 Å². The van der Waals surface area contributed by atoms with Gasteiger partial charge in [0.1, 0.15) is 0 Å². The molecule has 2 aromatic rings. The summed E-state index contributed by atoms with van der Waals surface area (Å²) in [5.41, 5.74) is 4.10. The summed E-state index contributed by atoms with van der Waals surface area (Å²) < 4.78 is 5.67. The van der Waals surface area contributed by atoms with Crippen LogP contribution in [0.3, 0.4) is 0 Å². The minimum absolute atomic E-state index is 0.117. The normalized spacial score (nSPS) is 13.2. The molecule has 1 atom stereocenters. The third kappa shape index (κ3) is 3.71. The summed E-state index contributed by atoms with van der Waals surface area (Å²) in [4.78, 5) is 0. The van der Waals surface area contributed by atoms with Crippen molar-refractivity contribution in [3.05, 3.63) is 71.3 Å². The highest BCUT2D eigenvalue weighted by atomic mass is 16.5. The van der Waals surface area contributed by atoms with Crippen molar-refractivity contribution in [2.24, 2.45) is 0 Å². The van der Waals surface area contributed by atoms with Gasteiger partial charge >= 0.3 is 0 Å². The Hall–Kier alpha value is -1.60. The van der Waals surface area contributed by atoms with Gasteiger partial charge in [0.2, 0.25) is 0 Å². The molecule has 1 heteroatoms. The van der Waals surface area contributed by atoms with Crippen molar-refractivity contribution in [1.29, 1.82) is 0 Å². The summed E-state index contributed by atoms with van der Waals surface area (Å²) in [6.45, 7) is 6.71. The van der Waals surface area contributed by atoms with Crippen LogP contribution in [0.25, 0.3) is 0 Å². The SMILES string of the molecule is CO[C@H](Cc1ccccc1)c1ccc(C(C)(C)C)cc1. The molecule has 0 saturated carbocycles. The lowest BCUT2D eigenvalue weighted by Crippen LogP contribution is -2.11. The average molecular weight is 268 g/mol. The van der Waals surface area contributed by atoms with Gasteiger partial charge in [0.15, 0.2) is 0 Å². The molecule has 0 fully saturated rings. The van der Waals surface area contributed by atoms with Gasteiger partial charge in [-0.3, -0.25) is 0 Å². The Morgan fingerprint density at radius 3 is 2.00 bits per heavy atom. The van der Waals surface area contributed by atoms with Crippen LogP contribution in [0.1, 0.15) is 43.6 Å².